The van der Waals surface area contributed by atoms with Gasteiger partial charge in [0.05, 0.1) is 0 Å². The molecule has 56 valence electrons. The summed E-state index contributed by atoms with van der Waals surface area (Å²) in [6.07, 6.45) is 5.34. The summed E-state index contributed by atoms with van der Waals surface area (Å²) in [7, 11) is 0. The summed E-state index contributed by atoms with van der Waals surface area (Å²) in [6, 6.07) is 0. The van der Waals surface area contributed by atoms with Crippen molar-refractivity contribution in [3.05, 3.63) is 12.3 Å². The van der Waals surface area contributed by atoms with Gasteiger partial charge in [0, 0.05) is 6.42 Å². The van der Waals surface area contributed by atoms with E-state index in [-0.39, 0.29) is 11.3 Å². The van der Waals surface area contributed by atoms with Crippen LogP contribution in [0.5, 0.6) is 0 Å². The number of rotatable bonds is 0. The van der Waals surface area contributed by atoms with Crippen LogP contribution < -0.4 is 5.32 Å². The lowest BCUT2D eigenvalue weighted by Crippen LogP contribution is -2.21. The Morgan fingerprint density at radius 2 is 2.30 bits per heavy atom. The first-order valence-corrected chi connectivity index (χ1v) is 3.55. The van der Waals surface area contributed by atoms with Gasteiger partial charge >= 0.3 is 0 Å². The van der Waals surface area contributed by atoms with Crippen LogP contribution in [0.4, 0.5) is 0 Å². The lowest BCUT2D eigenvalue weighted by Gasteiger charge is -2.18. The monoisotopic (exact) mass is 139 g/mol. The molecule has 1 heterocycles. The molecular weight excluding hydrogens is 126 g/mol. The molecule has 0 fully saturated rings. The SMILES string of the molecule is CC1(C)CC=CNC(=O)C1. The van der Waals surface area contributed by atoms with Crippen molar-refractivity contribution in [2.45, 2.75) is 26.7 Å². The zero-order valence-corrected chi connectivity index (χ0v) is 6.48. The van der Waals surface area contributed by atoms with E-state index in [9.17, 15) is 4.79 Å². The van der Waals surface area contributed by atoms with Crippen molar-refractivity contribution < 1.29 is 4.79 Å². The highest BCUT2D eigenvalue weighted by molar-refractivity contribution is 5.77. The molecule has 0 unspecified atom stereocenters. The highest BCUT2D eigenvalue weighted by Gasteiger charge is 2.21. The van der Waals surface area contributed by atoms with Gasteiger partial charge in [0.15, 0.2) is 0 Å². The van der Waals surface area contributed by atoms with Crippen molar-refractivity contribution in [1.82, 2.24) is 5.32 Å². The Hall–Kier alpha value is -0.790. The fourth-order valence-electron chi connectivity index (χ4n) is 1.09. The number of nitrogens with one attached hydrogen (secondary N) is 1. The normalized spacial score (nSPS) is 23.6. The van der Waals surface area contributed by atoms with E-state index in [1.165, 1.54) is 0 Å². The molecule has 0 saturated heterocycles. The molecule has 0 aromatic rings. The molecule has 2 heteroatoms. The Balaban J connectivity index is 2.66. The van der Waals surface area contributed by atoms with E-state index in [4.69, 9.17) is 0 Å². The molecule has 0 atom stereocenters. The van der Waals surface area contributed by atoms with Crippen molar-refractivity contribution in [1.29, 1.82) is 0 Å². The van der Waals surface area contributed by atoms with Crippen molar-refractivity contribution >= 4 is 5.91 Å². The van der Waals surface area contributed by atoms with E-state index in [1.807, 2.05) is 6.08 Å². The van der Waals surface area contributed by atoms with Crippen LogP contribution in [0.2, 0.25) is 0 Å². The first kappa shape index (κ1) is 7.32. The van der Waals surface area contributed by atoms with Crippen LogP contribution in [0.25, 0.3) is 0 Å². The lowest BCUT2D eigenvalue weighted by molar-refractivity contribution is -0.121. The molecule has 0 aromatic heterocycles. The largest absolute Gasteiger partial charge is 0.333 e. The van der Waals surface area contributed by atoms with Crippen molar-refractivity contribution in [2.24, 2.45) is 5.41 Å². The van der Waals surface area contributed by atoms with Gasteiger partial charge in [0.1, 0.15) is 0 Å². The molecule has 1 N–H and O–H groups in total. The minimum Gasteiger partial charge on any atom is -0.333 e. The average molecular weight is 139 g/mol. The van der Waals surface area contributed by atoms with Crippen LogP contribution in [0.1, 0.15) is 26.7 Å². The first-order valence-electron chi connectivity index (χ1n) is 3.55. The average Bonchev–Trinajstić information content (AvgIpc) is 1.90. The predicted molar refractivity (Wildman–Crippen MR) is 40.3 cm³/mol. The molecule has 0 aromatic carbocycles. The zero-order chi connectivity index (χ0) is 7.61. The molecule has 0 saturated carbocycles. The van der Waals surface area contributed by atoms with Gasteiger partial charge in [-0.1, -0.05) is 19.9 Å². The van der Waals surface area contributed by atoms with Crippen LogP contribution in [-0.2, 0) is 4.79 Å². The van der Waals surface area contributed by atoms with Crippen LogP contribution in [0.15, 0.2) is 12.3 Å². The predicted octanol–water partition coefficient (Wildman–Crippen LogP) is 1.44. The van der Waals surface area contributed by atoms with Gasteiger partial charge in [0.2, 0.25) is 5.91 Å². The third kappa shape index (κ3) is 1.87. The molecule has 1 aliphatic heterocycles. The highest BCUT2D eigenvalue weighted by Crippen LogP contribution is 2.26. The maximum atomic E-state index is 10.9. The standard InChI is InChI=1S/C8H13NO/c1-8(2)4-3-5-9-7(10)6-8/h3,5H,4,6H2,1-2H3,(H,9,10). The number of amides is 1. The van der Waals surface area contributed by atoms with Gasteiger partial charge in [-0.2, -0.15) is 0 Å². The topological polar surface area (TPSA) is 29.1 Å². The summed E-state index contributed by atoms with van der Waals surface area (Å²) >= 11 is 0. The molecular formula is C8H13NO. The quantitative estimate of drug-likeness (QED) is 0.540. The Morgan fingerprint density at radius 1 is 1.60 bits per heavy atom. The van der Waals surface area contributed by atoms with Crippen molar-refractivity contribution in [3.63, 3.8) is 0 Å². The summed E-state index contributed by atoms with van der Waals surface area (Å²) in [5, 5.41) is 2.68. The van der Waals surface area contributed by atoms with Crippen LogP contribution in [0, 0.1) is 5.41 Å². The Labute approximate surface area is 61.3 Å². The maximum absolute atomic E-state index is 10.9. The van der Waals surface area contributed by atoms with Gasteiger partial charge < -0.3 is 5.32 Å². The minimum absolute atomic E-state index is 0.124. The Morgan fingerprint density at radius 3 is 3.00 bits per heavy atom. The van der Waals surface area contributed by atoms with Crippen molar-refractivity contribution in [2.75, 3.05) is 0 Å². The van der Waals surface area contributed by atoms with Crippen LogP contribution in [-0.4, -0.2) is 5.91 Å². The van der Waals surface area contributed by atoms with E-state index in [1.54, 1.807) is 6.20 Å². The molecule has 0 spiro atoms. The molecule has 10 heavy (non-hydrogen) atoms. The molecule has 0 bridgehead atoms. The molecule has 1 aliphatic rings. The van der Waals surface area contributed by atoms with E-state index in [0.717, 1.165) is 6.42 Å². The summed E-state index contributed by atoms with van der Waals surface area (Å²) in [5.74, 6) is 0.124. The summed E-state index contributed by atoms with van der Waals surface area (Å²) in [6.45, 7) is 4.20. The van der Waals surface area contributed by atoms with Crippen LogP contribution >= 0.6 is 0 Å². The van der Waals surface area contributed by atoms with E-state index < -0.39 is 0 Å². The third-order valence-corrected chi connectivity index (χ3v) is 1.67. The van der Waals surface area contributed by atoms with Gasteiger partial charge in [-0.05, 0) is 18.0 Å². The van der Waals surface area contributed by atoms with E-state index >= 15 is 0 Å². The van der Waals surface area contributed by atoms with Gasteiger partial charge in [-0.25, -0.2) is 0 Å². The second-order valence-electron chi connectivity index (χ2n) is 3.51. The maximum Gasteiger partial charge on any atom is 0.224 e. The number of carbonyl (C=O) groups is 1. The lowest BCUT2D eigenvalue weighted by atomic mass is 9.86. The summed E-state index contributed by atoms with van der Waals surface area (Å²) in [5.41, 5.74) is 0.136. The number of hydrogen-bond acceptors (Lipinski definition) is 1. The molecule has 1 rings (SSSR count). The van der Waals surface area contributed by atoms with Gasteiger partial charge in [0.25, 0.3) is 0 Å². The van der Waals surface area contributed by atoms with Crippen LogP contribution in [0.3, 0.4) is 0 Å². The third-order valence-electron chi connectivity index (χ3n) is 1.67. The highest BCUT2D eigenvalue weighted by atomic mass is 16.1. The first-order chi connectivity index (χ1) is 4.60. The number of carbonyl (C=O) groups excluding carboxylic acids is 1. The zero-order valence-electron chi connectivity index (χ0n) is 6.48. The molecule has 2 nitrogen and oxygen atoms in total. The molecule has 0 aliphatic carbocycles. The number of allylic oxidation sites excluding steroid dienone is 1. The fraction of sp³-hybridized carbons (Fsp3) is 0.625. The minimum atomic E-state index is 0.124. The Kier molecular flexibility index (Phi) is 1.79. The van der Waals surface area contributed by atoms with Gasteiger partial charge in [-0.15, -0.1) is 0 Å². The Bertz CT molecular complexity index is 170. The van der Waals surface area contributed by atoms with Gasteiger partial charge in [-0.3, -0.25) is 4.79 Å². The summed E-state index contributed by atoms with van der Waals surface area (Å²) < 4.78 is 0. The fourth-order valence-corrected chi connectivity index (χ4v) is 1.09. The smallest absolute Gasteiger partial charge is 0.224 e. The number of hydrogen-bond donors (Lipinski definition) is 1. The van der Waals surface area contributed by atoms with E-state index in [0.29, 0.717) is 6.42 Å². The molecule has 0 radical (unpaired) electrons. The second-order valence-corrected chi connectivity index (χ2v) is 3.51. The summed E-state index contributed by atoms with van der Waals surface area (Å²) in [4.78, 5) is 10.9. The van der Waals surface area contributed by atoms with Crippen molar-refractivity contribution in [3.8, 4) is 0 Å². The van der Waals surface area contributed by atoms with E-state index in [2.05, 4.69) is 19.2 Å². The molecule has 1 amide bonds. The second kappa shape index (κ2) is 2.45.